The number of aromatic nitrogens is 2. The van der Waals surface area contributed by atoms with Gasteiger partial charge in [-0.2, -0.15) is 4.98 Å². The zero-order valence-electron chi connectivity index (χ0n) is 15.0. The standard InChI is InChI=1S/C20H21ClN4O/c1-4-26-18-11-6-5-9-17(18)24-20-22-13(2)12-19(25-20)23-16-10-7-8-15(21)14(16)3/h5-12H,4H2,1-3H3,(H2,22,23,24,25). The van der Waals surface area contributed by atoms with Crippen LogP contribution in [0, 0.1) is 13.8 Å². The number of para-hydroxylation sites is 2. The lowest BCUT2D eigenvalue weighted by molar-refractivity contribution is 0.342. The van der Waals surface area contributed by atoms with Gasteiger partial charge in [0.05, 0.1) is 12.3 Å². The largest absolute Gasteiger partial charge is 0.492 e. The molecule has 5 nitrogen and oxygen atoms in total. The fraction of sp³-hybridized carbons (Fsp3) is 0.200. The first-order valence-electron chi connectivity index (χ1n) is 8.43. The Morgan fingerprint density at radius 1 is 0.962 bits per heavy atom. The second kappa shape index (κ2) is 8.06. The van der Waals surface area contributed by atoms with Crippen LogP contribution in [-0.2, 0) is 0 Å². The van der Waals surface area contributed by atoms with Gasteiger partial charge in [0.2, 0.25) is 5.95 Å². The Kier molecular flexibility index (Phi) is 5.58. The molecule has 0 aliphatic heterocycles. The molecule has 0 amide bonds. The van der Waals surface area contributed by atoms with Crippen LogP contribution in [0.15, 0.2) is 48.5 Å². The lowest BCUT2D eigenvalue weighted by Crippen LogP contribution is -2.04. The van der Waals surface area contributed by atoms with Gasteiger partial charge in [-0.05, 0) is 50.6 Å². The number of rotatable bonds is 6. The maximum Gasteiger partial charge on any atom is 0.229 e. The van der Waals surface area contributed by atoms with E-state index in [1.807, 2.05) is 69.3 Å². The first kappa shape index (κ1) is 18.0. The molecule has 26 heavy (non-hydrogen) atoms. The summed E-state index contributed by atoms with van der Waals surface area (Å²) >= 11 is 6.20. The second-order valence-electron chi connectivity index (χ2n) is 5.81. The van der Waals surface area contributed by atoms with E-state index in [1.54, 1.807) is 0 Å². The Morgan fingerprint density at radius 2 is 1.73 bits per heavy atom. The minimum atomic E-state index is 0.499. The summed E-state index contributed by atoms with van der Waals surface area (Å²) in [5.41, 5.74) is 3.56. The number of anilines is 4. The zero-order valence-corrected chi connectivity index (χ0v) is 15.8. The van der Waals surface area contributed by atoms with E-state index in [2.05, 4.69) is 20.6 Å². The highest BCUT2D eigenvalue weighted by Crippen LogP contribution is 2.28. The molecule has 0 radical (unpaired) electrons. The Hall–Kier alpha value is -2.79. The molecule has 0 aliphatic rings. The van der Waals surface area contributed by atoms with Gasteiger partial charge in [-0.1, -0.05) is 29.8 Å². The predicted molar refractivity (Wildman–Crippen MR) is 107 cm³/mol. The van der Waals surface area contributed by atoms with Gasteiger partial charge < -0.3 is 15.4 Å². The number of hydrogen-bond donors (Lipinski definition) is 2. The van der Waals surface area contributed by atoms with Crippen LogP contribution >= 0.6 is 11.6 Å². The molecular formula is C20H21ClN4O. The summed E-state index contributed by atoms with van der Waals surface area (Å²) in [7, 11) is 0. The van der Waals surface area contributed by atoms with Crippen molar-refractivity contribution in [1.29, 1.82) is 0 Å². The molecule has 0 bridgehead atoms. The van der Waals surface area contributed by atoms with Crippen LogP contribution in [0.4, 0.5) is 23.1 Å². The van der Waals surface area contributed by atoms with Crippen molar-refractivity contribution in [3.05, 3.63) is 64.8 Å². The summed E-state index contributed by atoms with van der Waals surface area (Å²) < 4.78 is 5.65. The van der Waals surface area contributed by atoms with Crippen LogP contribution in [0.3, 0.4) is 0 Å². The summed E-state index contributed by atoms with van der Waals surface area (Å²) in [6, 6.07) is 15.3. The molecule has 6 heteroatoms. The summed E-state index contributed by atoms with van der Waals surface area (Å²) in [5.74, 6) is 1.96. The zero-order chi connectivity index (χ0) is 18.5. The van der Waals surface area contributed by atoms with Gasteiger partial charge in [0.1, 0.15) is 11.6 Å². The van der Waals surface area contributed by atoms with Gasteiger partial charge in [-0.3, -0.25) is 0 Å². The van der Waals surface area contributed by atoms with Crippen LogP contribution < -0.4 is 15.4 Å². The van der Waals surface area contributed by atoms with Crippen LogP contribution in [0.25, 0.3) is 0 Å². The summed E-state index contributed by atoms with van der Waals surface area (Å²) in [5, 5.41) is 7.26. The van der Waals surface area contributed by atoms with E-state index in [-0.39, 0.29) is 0 Å². The lowest BCUT2D eigenvalue weighted by atomic mass is 10.2. The van der Waals surface area contributed by atoms with Crippen molar-refractivity contribution in [2.75, 3.05) is 17.2 Å². The third kappa shape index (κ3) is 4.24. The first-order valence-corrected chi connectivity index (χ1v) is 8.81. The van der Waals surface area contributed by atoms with Crippen LogP contribution in [0.2, 0.25) is 5.02 Å². The van der Waals surface area contributed by atoms with Crippen molar-refractivity contribution in [3.8, 4) is 5.75 Å². The van der Waals surface area contributed by atoms with Crippen molar-refractivity contribution in [2.24, 2.45) is 0 Å². The Morgan fingerprint density at radius 3 is 2.54 bits per heavy atom. The fourth-order valence-electron chi connectivity index (χ4n) is 2.54. The van der Waals surface area contributed by atoms with E-state index in [0.29, 0.717) is 23.4 Å². The molecule has 2 N–H and O–H groups in total. The van der Waals surface area contributed by atoms with Gasteiger partial charge in [0.15, 0.2) is 0 Å². The molecule has 0 fully saturated rings. The monoisotopic (exact) mass is 368 g/mol. The average Bonchev–Trinajstić information content (AvgIpc) is 2.60. The van der Waals surface area contributed by atoms with Crippen molar-refractivity contribution in [3.63, 3.8) is 0 Å². The number of hydrogen-bond acceptors (Lipinski definition) is 5. The SMILES string of the molecule is CCOc1ccccc1Nc1nc(C)cc(Nc2cccc(Cl)c2C)n1. The average molecular weight is 369 g/mol. The summed E-state index contributed by atoms with van der Waals surface area (Å²) in [6.07, 6.45) is 0. The van der Waals surface area contributed by atoms with Gasteiger partial charge in [0, 0.05) is 22.5 Å². The topological polar surface area (TPSA) is 59.1 Å². The highest BCUT2D eigenvalue weighted by molar-refractivity contribution is 6.31. The molecular weight excluding hydrogens is 348 g/mol. The van der Waals surface area contributed by atoms with Crippen molar-refractivity contribution >= 4 is 34.7 Å². The molecule has 3 aromatic rings. The van der Waals surface area contributed by atoms with Gasteiger partial charge in [-0.15, -0.1) is 0 Å². The third-order valence-corrected chi connectivity index (χ3v) is 4.23. The normalized spacial score (nSPS) is 10.5. The third-order valence-electron chi connectivity index (χ3n) is 3.82. The molecule has 0 unspecified atom stereocenters. The van der Waals surface area contributed by atoms with Crippen molar-refractivity contribution in [1.82, 2.24) is 9.97 Å². The van der Waals surface area contributed by atoms with Crippen LogP contribution in [-0.4, -0.2) is 16.6 Å². The molecule has 1 aromatic heterocycles. The van der Waals surface area contributed by atoms with Gasteiger partial charge in [-0.25, -0.2) is 4.98 Å². The number of ether oxygens (including phenoxy) is 1. The molecule has 0 saturated heterocycles. The molecule has 1 heterocycles. The van der Waals surface area contributed by atoms with E-state index in [4.69, 9.17) is 16.3 Å². The molecule has 0 spiro atoms. The highest BCUT2D eigenvalue weighted by atomic mass is 35.5. The van der Waals surface area contributed by atoms with E-state index in [0.717, 1.165) is 28.4 Å². The van der Waals surface area contributed by atoms with Crippen LogP contribution in [0.5, 0.6) is 5.75 Å². The highest BCUT2D eigenvalue weighted by Gasteiger charge is 2.08. The smallest absolute Gasteiger partial charge is 0.229 e. The number of halogens is 1. The second-order valence-corrected chi connectivity index (χ2v) is 6.22. The first-order chi connectivity index (χ1) is 12.6. The number of nitrogens with one attached hydrogen (secondary N) is 2. The summed E-state index contributed by atoms with van der Waals surface area (Å²) in [6.45, 7) is 6.44. The van der Waals surface area contributed by atoms with E-state index in [9.17, 15) is 0 Å². The Labute approximate surface area is 158 Å². The van der Waals surface area contributed by atoms with E-state index >= 15 is 0 Å². The summed E-state index contributed by atoms with van der Waals surface area (Å²) in [4.78, 5) is 9.03. The van der Waals surface area contributed by atoms with Crippen LogP contribution in [0.1, 0.15) is 18.2 Å². The minimum absolute atomic E-state index is 0.499. The number of aryl methyl sites for hydroxylation is 1. The fourth-order valence-corrected chi connectivity index (χ4v) is 2.72. The van der Waals surface area contributed by atoms with E-state index in [1.165, 1.54) is 0 Å². The molecule has 0 saturated carbocycles. The van der Waals surface area contributed by atoms with E-state index < -0.39 is 0 Å². The molecule has 0 aliphatic carbocycles. The van der Waals surface area contributed by atoms with Crippen molar-refractivity contribution in [2.45, 2.75) is 20.8 Å². The Bertz CT molecular complexity index is 914. The van der Waals surface area contributed by atoms with Gasteiger partial charge in [0.25, 0.3) is 0 Å². The molecule has 134 valence electrons. The van der Waals surface area contributed by atoms with Crippen molar-refractivity contribution < 1.29 is 4.74 Å². The minimum Gasteiger partial charge on any atom is -0.492 e. The Balaban J connectivity index is 1.88. The molecule has 0 atom stereocenters. The number of benzene rings is 2. The molecule has 3 rings (SSSR count). The maximum absolute atomic E-state index is 6.20. The number of nitrogens with zero attached hydrogens (tertiary/aromatic N) is 2. The lowest BCUT2D eigenvalue weighted by Gasteiger charge is -2.14. The quantitative estimate of drug-likeness (QED) is 0.590. The maximum atomic E-state index is 6.20. The van der Waals surface area contributed by atoms with Gasteiger partial charge >= 0.3 is 0 Å². The predicted octanol–water partition coefficient (Wildman–Crippen LogP) is 5.63. The molecule has 2 aromatic carbocycles.